The van der Waals surface area contributed by atoms with Crippen LogP contribution >= 0.6 is 0 Å². The number of hydrogen-bond donors (Lipinski definition) is 2. The van der Waals surface area contributed by atoms with Gasteiger partial charge in [0.05, 0.1) is 22.5 Å². The van der Waals surface area contributed by atoms with Gasteiger partial charge in [0.1, 0.15) is 11.6 Å². The zero-order chi connectivity index (χ0) is 23.9. The predicted molar refractivity (Wildman–Crippen MR) is 116 cm³/mol. The molecule has 4 rings (SSSR count). The van der Waals surface area contributed by atoms with E-state index in [-0.39, 0.29) is 34.3 Å². The zero-order valence-corrected chi connectivity index (χ0v) is 17.3. The Morgan fingerprint density at radius 3 is 2.36 bits per heavy atom. The number of nitrogens with zero attached hydrogens (tertiary/aromatic N) is 2. The zero-order valence-electron chi connectivity index (χ0n) is 17.3. The summed E-state index contributed by atoms with van der Waals surface area (Å²) < 4.78 is 43.6. The van der Waals surface area contributed by atoms with Crippen LogP contribution in [0.2, 0.25) is 0 Å². The van der Waals surface area contributed by atoms with Gasteiger partial charge in [-0.1, -0.05) is 19.1 Å². The van der Waals surface area contributed by atoms with Gasteiger partial charge in [-0.15, -0.1) is 0 Å². The van der Waals surface area contributed by atoms with Crippen LogP contribution < -0.4 is 0 Å². The van der Waals surface area contributed by atoms with Crippen LogP contribution in [0.1, 0.15) is 35.3 Å². The standard InChI is InChI=1S/C25H17F3N2O3/c1-13(8-9-29)24-22(14-2-4-15(5-3-14)25(32)33)23-20(10-16(26)11-21(23)31)30(24)17-6-7-18(27)19(28)12-17/h2-7,10-13,31H,8H2,1H3,(H,32,33). The van der Waals surface area contributed by atoms with Crippen molar-refractivity contribution in [2.75, 3.05) is 0 Å². The van der Waals surface area contributed by atoms with Crippen molar-refractivity contribution in [3.63, 3.8) is 0 Å². The first kappa shape index (κ1) is 22.0. The molecule has 5 nitrogen and oxygen atoms in total. The van der Waals surface area contributed by atoms with Crippen LogP contribution in [0.3, 0.4) is 0 Å². The van der Waals surface area contributed by atoms with Gasteiger partial charge in [0, 0.05) is 41.4 Å². The van der Waals surface area contributed by atoms with Crippen molar-refractivity contribution < 1.29 is 28.2 Å². The van der Waals surface area contributed by atoms with E-state index in [0.717, 1.165) is 24.3 Å². The van der Waals surface area contributed by atoms with Gasteiger partial charge in [-0.3, -0.25) is 0 Å². The van der Waals surface area contributed by atoms with Crippen molar-refractivity contribution in [2.24, 2.45) is 0 Å². The van der Waals surface area contributed by atoms with E-state index in [4.69, 9.17) is 0 Å². The molecule has 0 radical (unpaired) electrons. The monoisotopic (exact) mass is 450 g/mol. The van der Waals surface area contributed by atoms with E-state index < -0.39 is 29.3 Å². The van der Waals surface area contributed by atoms with E-state index >= 15 is 0 Å². The molecule has 0 saturated heterocycles. The molecular formula is C25H17F3N2O3. The number of nitriles is 1. The second-order valence-corrected chi connectivity index (χ2v) is 7.66. The molecule has 0 spiro atoms. The van der Waals surface area contributed by atoms with Crippen LogP contribution in [0.25, 0.3) is 27.7 Å². The summed E-state index contributed by atoms with van der Waals surface area (Å²) in [5.74, 6) is -4.87. The number of benzene rings is 3. The molecule has 0 amide bonds. The molecule has 1 heterocycles. The first-order valence-electron chi connectivity index (χ1n) is 9.95. The molecule has 0 aliphatic carbocycles. The summed E-state index contributed by atoms with van der Waals surface area (Å²) in [6.07, 6.45) is 0.0451. The van der Waals surface area contributed by atoms with Gasteiger partial charge in [0.25, 0.3) is 0 Å². The Hall–Kier alpha value is -4.25. The van der Waals surface area contributed by atoms with E-state index in [1.54, 1.807) is 19.1 Å². The van der Waals surface area contributed by atoms with Crippen LogP contribution in [0.5, 0.6) is 5.75 Å². The Kier molecular flexibility index (Phi) is 5.56. The lowest BCUT2D eigenvalue weighted by molar-refractivity contribution is 0.0697. The molecule has 2 N–H and O–H groups in total. The van der Waals surface area contributed by atoms with Crippen LogP contribution in [-0.4, -0.2) is 20.7 Å². The average Bonchev–Trinajstić information content (AvgIpc) is 3.11. The van der Waals surface area contributed by atoms with Gasteiger partial charge in [0.2, 0.25) is 0 Å². The predicted octanol–water partition coefficient (Wildman–Crippen LogP) is 6.14. The Labute approximate surface area is 186 Å². The summed E-state index contributed by atoms with van der Waals surface area (Å²) >= 11 is 0. The number of aromatic hydroxyl groups is 1. The molecule has 166 valence electrons. The smallest absolute Gasteiger partial charge is 0.335 e. The molecule has 1 unspecified atom stereocenters. The molecule has 0 aliphatic rings. The van der Waals surface area contributed by atoms with Gasteiger partial charge in [-0.25, -0.2) is 18.0 Å². The summed E-state index contributed by atoms with van der Waals surface area (Å²) in [7, 11) is 0. The number of carbonyl (C=O) groups is 1. The average molecular weight is 450 g/mol. The lowest BCUT2D eigenvalue weighted by Gasteiger charge is -2.17. The highest BCUT2D eigenvalue weighted by Crippen LogP contribution is 2.45. The molecule has 0 fully saturated rings. The number of halogens is 3. The lowest BCUT2D eigenvalue weighted by atomic mass is 9.93. The number of fused-ring (bicyclic) bond motifs is 1. The van der Waals surface area contributed by atoms with Crippen LogP contribution in [0.15, 0.2) is 54.6 Å². The highest BCUT2D eigenvalue weighted by molar-refractivity contribution is 6.03. The number of rotatable bonds is 5. The molecule has 8 heteroatoms. The number of phenolic OH excluding ortho intramolecular Hbond substituents is 1. The maximum absolute atomic E-state index is 14.3. The Bertz CT molecular complexity index is 1440. The normalized spacial score (nSPS) is 12.0. The van der Waals surface area contributed by atoms with E-state index in [9.17, 15) is 33.4 Å². The van der Waals surface area contributed by atoms with Crippen molar-refractivity contribution in [2.45, 2.75) is 19.3 Å². The molecule has 0 saturated carbocycles. The summed E-state index contributed by atoms with van der Waals surface area (Å²) in [6.45, 7) is 1.75. The maximum Gasteiger partial charge on any atom is 0.335 e. The van der Waals surface area contributed by atoms with E-state index in [0.29, 0.717) is 16.8 Å². The minimum Gasteiger partial charge on any atom is -0.507 e. The Morgan fingerprint density at radius 1 is 1.06 bits per heavy atom. The van der Waals surface area contributed by atoms with Gasteiger partial charge in [0.15, 0.2) is 11.6 Å². The first-order chi connectivity index (χ1) is 15.7. The molecular weight excluding hydrogens is 433 g/mol. The summed E-state index contributed by atoms with van der Waals surface area (Å²) in [5, 5.41) is 29.5. The third-order valence-corrected chi connectivity index (χ3v) is 5.50. The van der Waals surface area contributed by atoms with Gasteiger partial charge in [-0.05, 0) is 35.9 Å². The molecule has 3 aromatic carbocycles. The summed E-state index contributed by atoms with van der Waals surface area (Å²) in [6, 6.07) is 13.2. The third-order valence-electron chi connectivity index (χ3n) is 5.50. The molecule has 33 heavy (non-hydrogen) atoms. The van der Waals surface area contributed by atoms with Crippen molar-refractivity contribution >= 4 is 16.9 Å². The molecule has 0 bridgehead atoms. The van der Waals surface area contributed by atoms with Crippen molar-refractivity contribution in [3.8, 4) is 28.6 Å². The fourth-order valence-corrected chi connectivity index (χ4v) is 4.05. The van der Waals surface area contributed by atoms with Crippen molar-refractivity contribution in [1.29, 1.82) is 5.26 Å². The summed E-state index contributed by atoms with van der Waals surface area (Å²) in [5.41, 5.74) is 1.82. The van der Waals surface area contributed by atoms with Gasteiger partial charge < -0.3 is 14.8 Å². The number of aromatic carboxylic acids is 1. The second kappa shape index (κ2) is 8.36. The van der Waals surface area contributed by atoms with Crippen LogP contribution in [0, 0.1) is 28.8 Å². The fraction of sp³-hybridized carbons (Fsp3) is 0.120. The molecule has 0 aliphatic heterocycles. The number of aromatic nitrogens is 1. The van der Waals surface area contributed by atoms with Gasteiger partial charge in [-0.2, -0.15) is 5.26 Å². The minimum absolute atomic E-state index is 0.0451. The van der Waals surface area contributed by atoms with E-state index in [2.05, 4.69) is 6.07 Å². The Balaban J connectivity index is 2.16. The number of carboxylic acids is 1. The first-order valence-corrected chi connectivity index (χ1v) is 9.95. The number of phenols is 1. The third kappa shape index (κ3) is 3.78. The number of carboxylic acid groups (broad SMARTS) is 1. The second-order valence-electron chi connectivity index (χ2n) is 7.66. The molecule has 4 aromatic rings. The minimum atomic E-state index is -1.12. The van der Waals surface area contributed by atoms with Crippen LogP contribution in [0.4, 0.5) is 13.2 Å². The number of hydrogen-bond acceptors (Lipinski definition) is 3. The van der Waals surface area contributed by atoms with E-state index in [1.807, 2.05) is 0 Å². The summed E-state index contributed by atoms with van der Waals surface area (Å²) in [4.78, 5) is 11.3. The topological polar surface area (TPSA) is 86.2 Å². The van der Waals surface area contributed by atoms with Crippen molar-refractivity contribution in [1.82, 2.24) is 4.57 Å². The Morgan fingerprint density at radius 2 is 1.76 bits per heavy atom. The quantitative estimate of drug-likeness (QED) is 0.383. The molecule has 1 aromatic heterocycles. The van der Waals surface area contributed by atoms with E-state index in [1.165, 1.54) is 22.8 Å². The maximum atomic E-state index is 14.3. The highest BCUT2D eigenvalue weighted by Gasteiger charge is 2.27. The van der Waals surface area contributed by atoms with Crippen molar-refractivity contribution in [3.05, 3.63) is 83.3 Å². The van der Waals surface area contributed by atoms with Crippen LogP contribution in [-0.2, 0) is 0 Å². The van der Waals surface area contributed by atoms with Gasteiger partial charge >= 0.3 is 5.97 Å². The highest BCUT2D eigenvalue weighted by atomic mass is 19.2. The lowest BCUT2D eigenvalue weighted by Crippen LogP contribution is -2.06. The fourth-order valence-electron chi connectivity index (χ4n) is 4.05. The molecule has 1 atom stereocenters. The largest absolute Gasteiger partial charge is 0.507 e. The SMILES string of the molecule is CC(CC#N)c1c(-c2ccc(C(=O)O)cc2)c2c(O)cc(F)cc2n1-c1ccc(F)c(F)c1.